The summed E-state index contributed by atoms with van der Waals surface area (Å²) in [4.78, 5) is 11.2. The molecule has 1 amide bonds. The summed E-state index contributed by atoms with van der Waals surface area (Å²) in [6.45, 7) is 3.57. The third-order valence-corrected chi connectivity index (χ3v) is 1.83. The Balaban J connectivity index is 2.55. The Morgan fingerprint density at radius 1 is 1.44 bits per heavy atom. The Kier molecular flexibility index (Phi) is 4.34. The number of benzene rings is 1. The number of hydrogen-bond donors (Lipinski definition) is 1. The average Bonchev–Trinajstić information content (AvgIpc) is 2.20. The second-order valence-corrected chi connectivity index (χ2v) is 3.61. The van der Waals surface area contributed by atoms with Gasteiger partial charge in [0, 0.05) is 5.69 Å². The van der Waals surface area contributed by atoms with E-state index in [0.29, 0.717) is 12.1 Å². The summed E-state index contributed by atoms with van der Waals surface area (Å²) in [6, 6.07) is 9.15. The molecule has 0 unspecified atom stereocenters. The van der Waals surface area contributed by atoms with Gasteiger partial charge in [0.1, 0.15) is 0 Å². The summed E-state index contributed by atoms with van der Waals surface area (Å²) in [7, 11) is 0. The Hall–Kier alpha value is -2.02. The highest BCUT2D eigenvalue weighted by Crippen LogP contribution is 2.10. The molecule has 0 spiro atoms. The predicted molar refractivity (Wildman–Crippen MR) is 61.0 cm³/mol. The number of rotatable bonds is 3. The number of nitriles is 1. The molecule has 0 aromatic heterocycles. The van der Waals surface area contributed by atoms with Crippen molar-refractivity contribution < 1.29 is 9.53 Å². The van der Waals surface area contributed by atoms with Crippen molar-refractivity contribution >= 4 is 11.8 Å². The van der Waals surface area contributed by atoms with Crippen LogP contribution in [0.25, 0.3) is 0 Å². The molecule has 0 saturated heterocycles. The molecule has 1 N–H and O–H groups in total. The van der Waals surface area contributed by atoms with Crippen molar-refractivity contribution in [1.29, 1.82) is 5.26 Å². The molecule has 0 fully saturated rings. The lowest BCUT2D eigenvalue weighted by Crippen LogP contribution is -2.17. The zero-order chi connectivity index (χ0) is 12.0. The molecule has 0 aliphatic heterocycles. The summed E-state index contributed by atoms with van der Waals surface area (Å²) in [5.74, 6) is 0. The lowest BCUT2D eigenvalue weighted by atomic mass is 10.1. The van der Waals surface area contributed by atoms with Crippen molar-refractivity contribution in [2.75, 3.05) is 5.32 Å². The minimum atomic E-state index is -0.469. The quantitative estimate of drug-likeness (QED) is 0.848. The first-order valence-electron chi connectivity index (χ1n) is 5.05. The molecular weight excluding hydrogens is 204 g/mol. The summed E-state index contributed by atoms with van der Waals surface area (Å²) in [5, 5.41) is 11.1. The van der Waals surface area contributed by atoms with Gasteiger partial charge in [0.2, 0.25) is 0 Å². The smallest absolute Gasteiger partial charge is 0.411 e. The predicted octanol–water partition coefficient (Wildman–Crippen LogP) is 2.71. The Morgan fingerprint density at radius 3 is 2.56 bits per heavy atom. The first-order chi connectivity index (χ1) is 7.61. The van der Waals surface area contributed by atoms with Gasteiger partial charge in [-0.2, -0.15) is 5.26 Å². The monoisotopic (exact) mass is 218 g/mol. The van der Waals surface area contributed by atoms with Crippen LogP contribution in [0.1, 0.15) is 19.4 Å². The largest absolute Gasteiger partial charge is 0.447 e. The maximum absolute atomic E-state index is 11.2. The van der Waals surface area contributed by atoms with Gasteiger partial charge < -0.3 is 4.74 Å². The molecule has 1 rings (SSSR count). The van der Waals surface area contributed by atoms with Crippen molar-refractivity contribution in [1.82, 2.24) is 0 Å². The Morgan fingerprint density at radius 2 is 2.06 bits per heavy atom. The van der Waals surface area contributed by atoms with Gasteiger partial charge in [-0.1, -0.05) is 12.1 Å². The summed E-state index contributed by atoms with van der Waals surface area (Å²) < 4.78 is 4.93. The number of hydrogen-bond acceptors (Lipinski definition) is 3. The number of nitrogens with zero attached hydrogens (tertiary/aromatic N) is 1. The fraction of sp³-hybridized carbons (Fsp3) is 0.333. The number of carbonyl (C=O) groups excluding carboxylic acids is 1. The zero-order valence-electron chi connectivity index (χ0n) is 9.36. The van der Waals surface area contributed by atoms with E-state index >= 15 is 0 Å². The Labute approximate surface area is 94.8 Å². The van der Waals surface area contributed by atoms with Gasteiger partial charge in [0.05, 0.1) is 18.6 Å². The fourth-order valence-corrected chi connectivity index (χ4v) is 1.16. The molecule has 0 heterocycles. The zero-order valence-corrected chi connectivity index (χ0v) is 9.36. The highest BCUT2D eigenvalue weighted by atomic mass is 16.6. The van der Waals surface area contributed by atoms with E-state index in [-0.39, 0.29) is 6.10 Å². The van der Waals surface area contributed by atoms with Crippen molar-refractivity contribution in [2.24, 2.45) is 0 Å². The summed E-state index contributed by atoms with van der Waals surface area (Å²) in [5.41, 5.74) is 1.58. The first kappa shape index (κ1) is 12.1. The third-order valence-electron chi connectivity index (χ3n) is 1.83. The molecule has 1 aromatic rings. The van der Waals surface area contributed by atoms with Crippen molar-refractivity contribution in [3.05, 3.63) is 29.8 Å². The first-order valence-corrected chi connectivity index (χ1v) is 5.05. The molecule has 4 heteroatoms. The molecule has 1 aromatic carbocycles. The second kappa shape index (κ2) is 5.76. The molecule has 0 bridgehead atoms. The maximum atomic E-state index is 11.2. The van der Waals surface area contributed by atoms with E-state index in [9.17, 15) is 4.79 Å². The summed E-state index contributed by atoms with van der Waals surface area (Å²) in [6.07, 6.45) is -0.239. The maximum Gasteiger partial charge on any atom is 0.411 e. The normalized spacial score (nSPS) is 9.62. The van der Waals surface area contributed by atoms with E-state index in [1.54, 1.807) is 38.1 Å². The third kappa shape index (κ3) is 4.01. The molecule has 16 heavy (non-hydrogen) atoms. The highest BCUT2D eigenvalue weighted by molar-refractivity contribution is 5.84. The van der Waals surface area contributed by atoms with Gasteiger partial charge in [-0.25, -0.2) is 4.79 Å². The van der Waals surface area contributed by atoms with Crippen LogP contribution in [-0.4, -0.2) is 12.2 Å². The van der Waals surface area contributed by atoms with Crippen molar-refractivity contribution in [2.45, 2.75) is 26.4 Å². The van der Waals surface area contributed by atoms with Crippen LogP contribution < -0.4 is 5.32 Å². The minimum Gasteiger partial charge on any atom is -0.447 e. The topological polar surface area (TPSA) is 62.1 Å². The van der Waals surface area contributed by atoms with Crippen LogP contribution in [-0.2, 0) is 11.2 Å². The molecule has 0 atom stereocenters. The molecule has 4 nitrogen and oxygen atoms in total. The molecule has 0 radical (unpaired) electrons. The van der Waals surface area contributed by atoms with Gasteiger partial charge >= 0.3 is 6.09 Å². The minimum absolute atomic E-state index is 0.141. The molecule has 84 valence electrons. The standard InChI is InChI=1S/C12H14N2O2/c1-9(2)16-12(15)14-11-5-3-10(4-6-11)7-8-13/h3-6,9H,7H2,1-2H3,(H,14,15). The highest BCUT2D eigenvalue weighted by Gasteiger charge is 2.04. The van der Waals surface area contributed by atoms with E-state index in [4.69, 9.17) is 10.00 Å². The molecule has 0 saturated carbocycles. The lowest BCUT2D eigenvalue weighted by molar-refractivity contribution is 0.130. The lowest BCUT2D eigenvalue weighted by Gasteiger charge is -2.09. The van der Waals surface area contributed by atoms with Gasteiger partial charge in [-0.05, 0) is 31.5 Å². The summed E-state index contributed by atoms with van der Waals surface area (Å²) >= 11 is 0. The number of nitrogens with one attached hydrogen (secondary N) is 1. The van der Waals surface area contributed by atoms with Gasteiger partial charge in [0.15, 0.2) is 0 Å². The number of carbonyl (C=O) groups is 1. The van der Waals surface area contributed by atoms with Crippen LogP contribution in [0.4, 0.5) is 10.5 Å². The van der Waals surface area contributed by atoms with Crippen LogP contribution >= 0.6 is 0 Å². The van der Waals surface area contributed by atoms with Crippen molar-refractivity contribution in [3.63, 3.8) is 0 Å². The number of anilines is 1. The number of amides is 1. The van der Waals surface area contributed by atoms with E-state index in [1.807, 2.05) is 0 Å². The second-order valence-electron chi connectivity index (χ2n) is 3.61. The van der Waals surface area contributed by atoms with Crippen LogP contribution in [0.5, 0.6) is 0 Å². The van der Waals surface area contributed by atoms with Crippen LogP contribution in [0.15, 0.2) is 24.3 Å². The fourth-order valence-electron chi connectivity index (χ4n) is 1.16. The van der Waals surface area contributed by atoms with E-state index in [2.05, 4.69) is 11.4 Å². The van der Waals surface area contributed by atoms with Gasteiger partial charge in [-0.3, -0.25) is 5.32 Å². The van der Waals surface area contributed by atoms with Crippen LogP contribution in [0, 0.1) is 11.3 Å². The van der Waals surface area contributed by atoms with E-state index in [1.165, 1.54) is 0 Å². The van der Waals surface area contributed by atoms with Crippen LogP contribution in [0.2, 0.25) is 0 Å². The SMILES string of the molecule is CC(C)OC(=O)Nc1ccc(CC#N)cc1. The van der Waals surface area contributed by atoms with E-state index < -0.39 is 6.09 Å². The van der Waals surface area contributed by atoms with Crippen LogP contribution in [0.3, 0.4) is 0 Å². The average molecular weight is 218 g/mol. The van der Waals surface area contributed by atoms with Gasteiger partial charge in [0.25, 0.3) is 0 Å². The molecule has 0 aliphatic rings. The van der Waals surface area contributed by atoms with E-state index in [0.717, 1.165) is 5.56 Å². The van der Waals surface area contributed by atoms with Gasteiger partial charge in [-0.15, -0.1) is 0 Å². The molecule has 0 aliphatic carbocycles. The molecular formula is C12H14N2O2. The van der Waals surface area contributed by atoms with Crippen molar-refractivity contribution in [3.8, 4) is 6.07 Å². The Bertz CT molecular complexity index is 390. The number of ether oxygens (including phenoxy) is 1.